The minimum absolute atomic E-state index is 0.0760. The van der Waals surface area contributed by atoms with Gasteiger partial charge in [0.2, 0.25) is 0 Å². The van der Waals surface area contributed by atoms with Crippen LogP contribution in [0.15, 0.2) is 18.2 Å². The molecule has 2 heterocycles. The lowest BCUT2D eigenvalue weighted by Gasteiger charge is -2.29. The number of amides is 2. The van der Waals surface area contributed by atoms with Crippen LogP contribution in [-0.4, -0.2) is 35.8 Å². The molecule has 2 aliphatic heterocycles. The number of rotatable bonds is 2. The van der Waals surface area contributed by atoms with Crippen LogP contribution in [0.4, 0.5) is 5.69 Å². The number of nitrogens with zero attached hydrogens (tertiary/aromatic N) is 2. The van der Waals surface area contributed by atoms with E-state index in [0.717, 1.165) is 44.5 Å². The van der Waals surface area contributed by atoms with E-state index >= 15 is 0 Å². The summed E-state index contributed by atoms with van der Waals surface area (Å²) < 4.78 is 0. The molecule has 1 saturated heterocycles. The van der Waals surface area contributed by atoms with Gasteiger partial charge < -0.3 is 4.90 Å². The molecule has 0 aromatic heterocycles. The Bertz CT molecular complexity index is 614. The first-order chi connectivity index (χ1) is 10.8. The van der Waals surface area contributed by atoms with E-state index in [1.807, 2.05) is 18.2 Å². The van der Waals surface area contributed by atoms with Crippen molar-refractivity contribution in [2.75, 3.05) is 18.0 Å². The number of hydrogen-bond acceptors (Lipinski definition) is 3. The number of imide groups is 1. The second-order valence-corrected chi connectivity index (χ2v) is 6.70. The van der Waals surface area contributed by atoms with E-state index in [9.17, 15) is 9.59 Å². The zero-order chi connectivity index (χ0) is 15.1. The highest BCUT2D eigenvalue weighted by Gasteiger charge is 2.40. The van der Waals surface area contributed by atoms with Gasteiger partial charge in [0, 0.05) is 24.8 Å². The first-order valence-electron chi connectivity index (χ1n) is 8.52. The summed E-state index contributed by atoms with van der Waals surface area (Å²) in [6.07, 6.45) is 7.80. The SMILES string of the molecule is O=C1c2ccc(N3CCCC3)cc2C(=O)N1C1CCCCC1. The molecular formula is C18H22N2O2. The Hall–Kier alpha value is -1.84. The van der Waals surface area contributed by atoms with Crippen molar-refractivity contribution in [3.63, 3.8) is 0 Å². The highest BCUT2D eigenvalue weighted by molar-refractivity contribution is 6.22. The second-order valence-electron chi connectivity index (χ2n) is 6.70. The zero-order valence-corrected chi connectivity index (χ0v) is 12.9. The van der Waals surface area contributed by atoms with E-state index in [2.05, 4.69) is 4.90 Å². The van der Waals surface area contributed by atoms with Crippen LogP contribution in [0.25, 0.3) is 0 Å². The smallest absolute Gasteiger partial charge is 0.261 e. The van der Waals surface area contributed by atoms with E-state index < -0.39 is 0 Å². The van der Waals surface area contributed by atoms with Crippen molar-refractivity contribution in [3.8, 4) is 0 Å². The summed E-state index contributed by atoms with van der Waals surface area (Å²) in [5, 5.41) is 0. The molecular weight excluding hydrogens is 276 g/mol. The van der Waals surface area contributed by atoms with E-state index in [0.29, 0.717) is 11.1 Å². The average Bonchev–Trinajstić information content (AvgIpc) is 3.16. The van der Waals surface area contributed by atoms with Gasteiger partial charge in [-0.05, 0) is 43.9 Å². The lowest BCUT2D eigenvalue weighted by Crippen LogP contribution is -2.40. The zero-order valence-electron chi connectivity index (χ0n) is 12.9. The lowest BCUT2D eigenvalue weighted by atomic mass is 9.94. The maximum absolute atomic E-state index is 12.8. The van der Waals surface area contributed by atoms with E-state index in [1.165, 1.54) is 24.2 Å². The van der Waals surface area contributed by atoms with Crippen LogP contribution in [-0.2, 0) is 0 Å². The van der Waals surface area contributed by atoms with Gasteiger partial charge in [-0.3, -0.25) is 14.5 Å². The second kappa shape index (κ2) is 5.41. The molecule has 2 amide bonds. The molecule has 2 fully saturated rings. The third kappa shape index (κ3) is 2.13. The molecule has 0 spiro atoms. The largest absolute Gasteiger partial charge is 0.372 e. The third-order valence-corrected chi connectivity index (χ3v) is 5.31. The molecule has 1 aromatic carbocycles. The van der Waals surface area contributed by atoms with Gasteiger partial charge in [-0.2, -0.15) is 0 Å². The summed E-state index contributed by atoms with van der Waals surface area (Å²) in [4.78, 5) is 29.2. The molecule has 0 N–H and O–H groups in total. The minimum Gasteiger partial charge on any atom is -0.372 e. The van der Waals surface area contributed by atoms with Crippen molar-refractivity contribution < 1.29 is 9.59 Å². The monoisotopic (exact) mass is 298 g/mol. The Morgan fingerprint density at radius 2 is 1.50 bits per heavy atom. The van der Waals surface area contributed by atoms with Crippen LogP contribution in [0.1, 0.15) is 65.7 Å². The maximum Gasteiger partial charge on any atom is 0.261 e. The van der Waals surface area contributed by atoms with Crippen molar-refractivity contribution in [3.05, 3.63) is 29.3 Å². The fourth-order valence-electron chi connectivity index (χ4n) is 4.09. The Balaban J connectivity index is 1.64. The van der Waals surface area contributed by atoms with Crippen molar-refractivity contribution in [2.45, 2.75) is 51.0 Å². The van der Waals surface area contributed by atoms with Crippen LogP contribution in [0.3, 0.4) is 0 Å². The van der Waals surface area contributed by atoms with Gasteiger partial charge in [0.25, 0.3) is 11.8 Å². The Labute approximate surface area is 131 Å². The van der Waals surface area contributed by atoms with Gasteiger partial charge in [-0.1, -0.05) is 19.3 Å². The van der Waals surface area contributed by atoms with Crippen molar-refractivity contribution >= 4 is 17.5 Å². The highest BCUT2D eigenvalue weighted by Crippen LogP contribution is 2.33. The minimum atomic E-state index is -0.0835. The molecule has 1 saturated carbocycles. The maximum atomic E-state index is 12.8. The molecule has 1 aromatic rings. The number of hydrogen-bond donors (Lipinski definition) is 0. The normalized spacial score (nSPS) is 22.5. The molecule has 1 aliphatic carbocycles. The first-order valence-corrected chi connectivity index (χ1v) is 8.52. The molecule has 4 nitrogen and oxygen atoms in total. The van der Waals surface area contributed by atoms with Gasteiger partial charge in [0.15, 0.2) is 0 Å². The molecule has 3 aliphatic rings. The van der Waals surface area contributed by atoms with Gasteiger partial charge in [0.05, 0.1) is 11.1 Å². The first kappa shape index (κ1) is 13.8. The molecule has 0 bridgehead atoms. The van der Waals surface area contributed by atoms with Gasteiger partial charge in [0.1, 0.15) is 0 Å². The summed E-state index contributed by atoms with van der Waals surface area (Å²) in [6, 6.07) is 5.89. The van der Waals surface area contributed by atoms with Gasteiger partial charge in [-0.15, -0.1) is 0 Å². The number of carbonyl (C=O) groups is 2. The summed E-state index contributed by atoms with van der Waals surface area (Å²) >= 11 is 0. The fraction of sp³-hybridized carbons (Fsp3) is 0.556. The van der Waals surface area contributed by atoms with Gasteiger partial charge >= 0.3 is 0 Å². The molecule has 4 rings (SSSR count). The van der Waals surface area contributed by atoms with Crippen LogP contribution in [0.2, 0.25) is 0 Å². The highest BCUT2D eigenvalue weighted by atomic mass is 16.2. The number of anilines is 1. The lowest BCUT2D eigenvalue weighted by molar-refractivity contribution is 0.0549. The number of benzene rings is 1. The van der Waals surface area contributed by atoms with Crippen LogP contribution in [0, 0.1) is 0 Å². The van der Waals surface area contributed by atoms with Crippen LogP contribution < -0.4 is 4.90 Å². The molecule has 0 unspecified atom stereocenters. The predicted octanol–water partition coefficient (Wildman–Crippen LogP) is 3.22. The quantitative estimate of drug-likeness (QED) is 0.787. The van der Waals surface area contributed by atoms with Crippen LogP contribution in [0.5, 0.6) is 0 Å². The van der Waals surface area contributed by atoms with E-state index in [4.69, 9.17) is 0 Å². The average molecular weight is 298 g/mol. The Morgan fingerprint density at radius 3 is 2.23 bits per heavy atom. The summed E-state index contributed by atoms with van der Waals surface area (Å²) in [6.45, 7) is 2.10. The van der Waals surface area contributed by atoms with Gasteiger partial charge in [-0.25, -0.2) is 0 Å². The number of carbonyl (C=O) groups excluding carboxylic acids is 2. The van der Waals surface area contributed by atoms with E-state index in [-0.39, 0.29) is 17.9 Å². The van der Waals surface area contributed by atoms with Crippen molar-refractivity contribution in [1.82, 2.24) is 4.90 Å². The topological polar surface area (TPSA) is 40.6 Å². The van der Waals surface area contributed by atoms with Crippen molar-refractivity contribution in [2.24, 2.45) is 0 Å². The van der Waals surface area contributed by atoms with Crippen LogP contribution >= 0.6 is 0 Å². The summed E-state index contributed by atoms with van der Waals surface area (Å²) in [5.74, 6) is -0.159. The van der Waals surface area contributed by atoms with Crippen molar-refractivity contribution in [1.29, 1.82) is 0 Å². The predicted molar refractivity (Wildman–Crippen MR) is 85.3 cm³/mol. The third-order valence-electron chi connectivity index (χ3n) is 5.31. The standard InChI is InChI=1S/C18H22N2O2/c21-17-15-9-8-14(19-10-4-5-11-19)12-16(15)18(22)20(17)13-6-2-1-3-7-13/h8-9,12-13H,1-7,10-11H2. The Kier molecular flexibility index (Phi) is 3.40. The molecule has 116 valence electrons. The molecule has 22 heavy (non-hydrogen) atoms. The molecule has 0 radical (unpaired) electrons. The Morgan fingerprint density at radius 1 is 0.818 bits per heavy atom. The number of fused-ring (bicyclic) bond motifs is 1. The van der Waals surface area contributed by atoms with E-state index in [1.54, 1.807) is 0 Å². The molecule has 4 heteroatoms. The summed E-state index contributed by atoms with van der Waals surface area (Å²) in [7, 11) is 0. The fourth-order valence-corrected chi connectivity index (χ4v) is 4.09. The molecule has 0 atom stereocenters. The summed E-state index contributed by atoms with van der Waals surface area (Å²) in [5.41, 5.74) is 2.29.